The van der Waals surface area contributed by atoms with E-state index in [0.717, 1.165) is 19.6 Å². The molecule has 3 heteroatoms. The molecule has 1 fully saturated rings. The molecule has 1 aliphatic rings. The Hall–Kier alpha value is -0.120. The minimum absolute atomic E-state index is 0.367. The van der Waals surface area contributed by atoms with E-state index in [2.05, 4.69) is 44.8 Å². The maximum absolute atomic E-state index is 5.85. The number of hydrogen-bond acceptors (Lipinski definition) is 3. The highest BCUT2D eigenvalue weighted by molar-refractivity contribution is 4.87. The van der Waals surface area contributed by atoms with Gasteiger partial charge < -0.3 is 10.1 Å². The van der Waals surface area contributed by atoms with Crippen molar-refractivity contribution in [2.75, 3.05) is 19.6 Å². The molecule has 1 rings (SSSR count). The van der Waals surface area contributed by atoms with Gasteiger partial charge in [0.15, 0.2) is 0 Å². The third-order valence-electron chi connectivity index (χ3n) is 3.87. The Bertz CT molecular complexity index is 207. The lowest BCUT2D eigenvalue weighted by Crippen LogP contribution is -2.56. The van der Waals surface area contributed by atoms with Crippen LogP contribution in [-0.2, 0) is 4.74 Å². The maximum atomic E-state index is 5.85. The highest BCUT2D eigenvalue weighted by Gasteiger charge is 2.30. The number of likely N-dealkylation sites (N-methyl/N-ethyl adjacent to an activating group) is 1. The van der Waals surface area contributed by atoms with Crippen LogP contribution in [0.2, 0.25) is 0 Å². The highest BCUT2D eigenvalue weighted by atomic mass is 16.5. The van der Waals surface area contributed by atoms with Crippen molar-refractivity contribution in [3.05, 3.63) is 0 Å². The van der Waals surface area contributed by atoms with Gasteiger partial charge in [-0.1, -0.05) is 27.2 Å². The average molecular weight is 256 g/mol. The molecule has 0 spiro atoms. The smallest absolute Gasteiger partial charge is 0.0678 e. The van der Waals surface area contributed by atoms with E-state index in [-0.39, 0.29) is 0 Å². The molecule has 1 heterocycles. The second-order valence-electron chi connectivity index (χ2n) is 5.64. The van der Waals surface area contributed by atoms with E-state index < -0.39 is 0 Å². The predicted octanol–water partition coefficient (Wildman–Crippen LogP) is 2.65. The average Bonchev–Trinajstić information content (AvgIpc) is 2.29. The van der Waals surface area contributed by atoms with E-state index >= 15 is 0 Å². The van der Waals surface area contributed by atoms with Gasteiger partial charge in [0.1, 0.15) is 0 Å². The van der Waals surface area contributed by atoms with Gasteiger partial charge in [0.25, 0.3) is 0 Å². The predicted molar refractivity (Wildman–Crippen MR) is 78.0 cm³/mol. The molecule has 0 radical (unpaired) electrons. The van der Waals surface area contributed by atoms with Crippen LogP contribution in [0.25, 0.3) is 0 Å². The summed E-state index contributed by atoms with van der Waals surface area (Å²) in [6.45, 7) is 14.4. The van der Waals surface area contributed by atoms with Crippen LogP contribution in [0.4, 0.5) is 0 Å². The van der Waals surface area contributed by atoms with Crippen molar-refractivity contribution >= 4 is 0 Å². The summed E-state index contributed by atoms with van der Waals surface area (Å²) >= 11 is 0. The zero-order valence-corrected chi connectivity index (χ0v) is 12.9. The summed E-state index contributed by atoms with van der Waals surface area (Å²) in [5.41, 5.74) is 0. The van der Waals surface area contributed by atoms with Crippen molar-refractivity contribution < 1.29 is 4.74 Å². The number of ether oxygens (including phenoxy) is 1. The van der Waals surface area contributed by atoms with Gasteiger partial charge in [0, 0.05) is 25.2 Å². The lowest BCUT2D eigenvalue weighted by molar-refractivity contribution is -0.0850. The van der Waals surface area contributed by atoms with Crippen molar-refractivity contribution in [3.63, 3.8) is 0 Å². The summed E-state index contributed by atoms with van der Waals surface area (Å²) in [5, 5.41) is 3.68. The van der Waals surface area contributed by atoms with E-state index in [1.165, 1.54) is 19.3 Å². The Morgan fingerprint density at radius 1 is 1.17 bits per heavy atom. The number of morpholine rings is 1. The molecule has 18 heavy (non-hydrogen) atoms. The third-order valence-corrected chi connectivity index (χ3v) is 3.87. The van der Waals surface area contributed by atoms with E-state index in [9.17, 15) is 0 Å². The van der Waals surface area contributed by atoms with Gasteiger partial charge in [-0.05, 0) is 33.2 Å². The summed E-state index contributed by atoms with van der Waals surface area (Å²) in [7, 11) is 0. The topological polar surface area (TPSA) is 24.5 Å². The van der Waals surface area contributed by atoms with E-state index in [0.29, 0.717) is 24.3 Å². The first kappa shape index (κ1) is 15.9. The maximum Gasteiger partial charge on any atom is 0.0678 e. The molecule has 0 aliphatic carbocycles. The molecule has 3 nitrogen and oxygen atoms in total. The summed E-state index contributed by atoms with van der Waals surface area (Å²) in [4.78, 5) is 2.64. The Kier molecular flexibility index (Phi) is 7.20. The molecule has 0 aromatic carbocycles. The Balaban J connectivity index is 2.66. The molecule has 1 aliphatic heterocycles. The monoisotopic (exact) mass is 256 g/mol. The molecule has 1 N–H and O–H groups in total. The molecular formula is C15H32N2O. The number of hydrogen-bond donors (Lipinski definition) is 1. The molecule has 0 aromatic heterocycles. The minimum atomic E-state index is 0.367. The van der Waals surface area contributed by atoms with Crippen LogP contribution in [0.1, 0.15) is 53.9 Å². The quantitative estimate of drug-likeness (QED) is 0.758. The summed E-state index contributed by atoms with van der Waals surface area (Å²) < 4.78 is 5.85. The minimum Gasteiger partial charge on any atom is -0.373 e. The van der Waals surface area contributed by atoms with Crippen LogP contribution in [0.15, 0.2) is 0 Å². The fourth-order valence-electron chi connectivity index (χ4n) is 3.29. The molecule has 0 saturated carbocycles. The van der Waals surface area contributed by atoms with Gasteiger partial charge in [0.2, 0.25) is 0 Å². The number of nitrogens with zero attached hydrogens (tertiary/aromatic N) is 1. The molecule has 2 unspecified atom stereocenters. The van der Waals surface area contributed by atoms with Crippen LogP contribution in [0.5, 0.6) is 0 Å². The van der Waals surface area contributed by atoms with Crippen LogP contribution in [0, 0.1) is 0 Å². The van der Waals surface area contributed by atoms with Crippen LogP contribution >= 0.6 is 0 Å². The van der Waals surface area contributed by atoms with Gasteiger partial charge >= 0.3 is 0 Å². The van der Waals surface area contributed by atoms with Crippen LogP contribution in [0.3, 0.4) is 0 Å². The second-order valence-corrected chi connectivity index (χ2v) is 5.64. The van der Waals surface area contributed by atoms with Gasteiger partial charge in [-0.15, -0.1) is 0 Å². The molecule has 0 bridgehead atoms. The van der Waals surface area contributed by atoms with E-state index in [4.69, 9.17) is 4.74 Å². The zero-order valence-electron chi connectivity index (χ0n) is 12.9. The molecule has 0 amide bonds. The molecular weight excluding hydrogens is 224 g/mol. The van der Waals surface area contributed by atoms with Crippen molar-refractivity contribution in [3.8, 4) is 0 Å². The lowest BCUT2D eigenvalue weighted by atomic mass is 9.97. The molecule has 1 saturated heterocycles. The second kappa shape index (κ2) is 8.13. The highest BCUT2D eigenvalue weighted by Crippen LogP contribution is 2.19. The summed E-state index contributed by atoms with van der Waals surface area (Å²) in [6, 6.07) is 1.28. The molecule has 108 valence electrons. The van der Waals surface area contributed by atoms with Crippen molar-refractivity contribution in [2.24, 2.45) is 0 Å². The standard InChI is InChI=1S/C15H32N2O/c1-6-9-14(16-8-3)15(7-2)17-10-12(4)18-13(5)11-17/h12-16H,6-11H2,1-5H3/t12-,13+,14?,15?. The first-order valence-corrected chi connectivity index (χ1v) is 7.75. The normalized spacial score (nSPS) is 29.2. The van der Waals surface area contributed by atoms with E-state index in [1.807, 2.05) is 0 Å². The fourth-order valence-corrected chi connectivity index (χ4v) is 3.29. The molecule has 0 aromatic rings. The SMILES string of the molecule is CCCC(NCC)C(CC)N1C[C@@H](C)O[C@@H](C)C1. The van der Waals surface area contributed by atoms with Crippen LogP contribution in [-0.4, -0.2) is 48.8 Å². The van der Waals surface area contributed by atoms with Gasteiger partial charge in [-0.25, -0.2) is 0 Å². The first-order valence-electron chi connectivity index (χ1n) is 7.75. The Labute approximate surface area is 113 Å². The lowest BCUT2D eigenvalue weighted by Gasteiger charge is -2.43. The zero-order chi connectivity index (χ0) is 13.5. The Morgan fingerprint density at radius 2 is 1.78 bits per heavy atom. The summed E-state index contributed by atoms with van der Waals surface area (Å²) in [6.07, 6.45) is 4.48. The number of rotatable bonds is 7. The largest absolute Gasteiger partial charge is 0.373 e. The van der Waals surface area contributed by atoms with Crippen LogP contribution < -0.4 is 5.32 Å². The van der Waals surface area contributed by atoms with Crippen molar-refractivity contribution in [1.29, 1.82) is 0 Å². The summed E-state index contributed by atoms with van der Waals surface area (Å²) in [5.74, 6) is 0. The first-order chi connectivity index (χ1) is 8.62. The van der Waals surface area contributed by atoms with Crippen molar-refractivity contribution in [2.45, 2.75) is 78.2 Å². The Morgan fingerprint density at radius 3 is 2.22 bits per heavy atom. The van der Waals surface area contributed by atoms with E-state index in [1.54, 1.807) is 0 Å². The van der Waals surface area contributed by atoms with Gasteiger partial charge in [-0.3, -0.25) is 4.90 Å². The van der Waals surface area contributed by atoms with Gasteiger partial charge in [0.05, 0.1) is 12.2 Å². The third kappa shape index (κ3) is 4.52. The van der Waals surface area contributed by atoms with Gasteiger partial charge in [-0.2, -0.15) is 0 Å². The van der Waals surface area contributed by atoms with Crippen molar-refractivity contribution in [1.82, 2.24) is 10.2 Å². The molecule has 4 atom stereocenters. The fraction of sp³-hybridized carbons (Fsp3) is 1.00. The number of nitrogens with one attached hydrogen (secondary N) is 1.